The van der Waals surface area contributed by atoms with Crippen LogP contribution in [0.1, 0.15) is 6.42 Å². The van der Waals surface area contributed by atoms with Crippen LogP contribution in [0, 0.1) is 5.82 Å². The molecule has 0 spiro atoms. The predicted octanol–water partition coefficient (Wildman–Crippen LogP) is 1.57. The number of ether oxygens (including phenoxy) is 1. The second kappa shape index (κ2) is 7.70. The minimum atomic E-state index is -0.833. The molecular weight excluding hydrogens is 275 g/mol. The smallest absolute Gasteiger partial charge is 0.313 e. The lowest BCUT2D eigenvalue weighted by atomic mass is 10.3. The molecule has 0 bridgehead atoms. The van der Waals surface area contributed by atoms with E-state index in [4.69, 9.17) is 16.3 Å². The number of halogens is 2. The van der Waals surface area contributed by atoms with Gasteiger partial charge < -0.3 is 15.4 Å². The molecule has 1 aromatic carbocycles. The van der Waals surface area contributed by atoms with E-state index in [0.29, 0.717) is 19.6 Å². The standard InChI is InChI=1S/C12H14ClFN2O3/c1-19-6-2-5-15-11(17)12(18)16-8-3-4-10(14)9(13)7-8/h3-4,7H,2,5-6H2,1H3,(H,15,17)(H,16,18). The first-order chi connectivity index (χ1) is 9.04. The molecule has 7 heteroatoms. The highest BCUT2D eigenvalue weighted by Gasteiger charge is 2.13. The average molecular weight is 289 g/mol. The fraction of sp³-hybridized carbons (Fsp3) is 0.333. The zero-order chi connectivity index (χ0) is 14.3. The Hall–Kier alpha value is -1.66. The van der Waals surface area contributed by atoms with Gasteiger partial charge in [-0.25, -0.2) is 4.39 Å². The first kappa shape index (κ1) is 15.4. The summed E-state index contributed by atoms with van der Waals surface area (Å²) in [6.07, 6.45) is 0.609. The van der Waals surface area contributed by atoms with Crippen molar-refractivity contribution in [3.63, 3.8) is 0 Å². The third-order valence-electron chi connectivity index (χ3n) is 2.19. The molecule has 104 valence electrons. The lowest BCUT2D eigenvalue weighted by Gasteiger charge is -2.06. The number of hydrogen-bond acceptors (Lipinski definition) is 3. The molecule has 0 atom stereocenters. The van der Waals surface area contributed by atoms with Gasteiger partial charge in [0.15, 0.2) is 0 Å². The van der Waals surface area contributed by atoms with Crippen molar-refractivity contribution in [2.45, 2.75) is 6.42 Å². The third kappa shape index (κ3) is 5.23. The molecule has 2 amide bonds. The van der Waals surface area contributed by atoms with E-state index in [1.165, 1.54) is 12.1 Å². The maximum Gasteiger partial charge on any atom is 0.313 e. The van der Waals surface area contributed by atoms with Crippen LogP contribution in [-0.2, 0) is 14.3 Å². The first-order valence-electron chi connectivity index (χ1n) is 5.57. The molecule has 0 aliphatic rings. The molecule has 19 heavy (non-hydrogen) atoms. The van der Waals surface area contributed by atoms with Gasteiger partial charge >= 0.3 is 11.8 Å². The van der Waals surface area contributed by atoms with Crippen molar-refractivity contribution in [1.29, 1.82) is 0 Å². The monoisotopic (exact) mass is 288 g/mol. The summed E-state index contributed by atoms with van der Waals surface area (Å²) in [7, 11) is 1.55. The number of hydrogen-bond donors (Lipinski definition) is 2. The molecule has 2 N–H and O–H groups in total. The molecule has 0 fully saturated rings. The zero-order valence-electron chi connectivity index (χ0n) is 10.3. The molecule has 0 unspecified atom stereocenters. The Balaban J connectivity index is 2.45. The number of methoxy groups -OCH3 is 1. The second-order valence-electron chi connectivity index (χ2n) is 3.69. The maximum absolute atomic E-state index is 12.9. The normalized spacial score (nSPS) is 10.1. The van der Waals surface area contributed by atoms with Crippen molar-refractivity contribution in [3.8, 4) is 0 Å². The number of carbonyl (C=O) groups excluding carboxylic acids is 2. The molecular formula is C12H14ClFN2O3. The molecule has 5 nitrogen and oxygen atoms in total. The highest BCUT2D eigenvalue weighted by molar-refractivity contribution is 6.39. The van der Waals surface area contributed by atoms with Crippen molar-refractivity contribution in [2.24, 2.45) is 0 Å². The summed E-state index contributed by atoms with van der Waals surface area (Å²) in [6, 6.07) is 3.65. The van der Waals surface area contributed by atoms with E-state index < -0.39 is 17.6 Å². The van der Waals surface area contributed by atoms with E-state index in [1.807, 2.05) is 0 Å². The van der Waals surface area contributed by atoms with Crippen LogP contribution in [-0.4, -0.2) is 32.1 Å². The van der Waals surface area contributed by atoms with Crippen LogP contribution in [0.25, 0.3) is 0 Å². The Morgan fingerprint density at radius 1 is 1.37 bits per heavy atom. The average Bonchev–Trinajstić information content (AvgIpc) is 2.38. The SMILES string of the molecule is COCCCNC(=O)C(=O)Nc1ccc(F)c(Cl)c1. The van der Waals surface area contributed by atoms with Gasteiger partial charge in [-0.1, -0.05) is 11.6 Å². The molecule has 0 aliphatic heterocycles. The van der Waals surface area contributed by atoms with Crippen molar-refractivity contribution >= 4 is 29.1 Å². The van der Waals surface area contributed by atoms with Gasteiger partial charge in [-0.2, -0.15) is 0 Å². The number of amides is 2. The number of anilines is 1. The van der Waals surface area contributed by atoms with Crippen molar-refractivity contribution in [3.05, 3.63) is 29.0 Å². The Labute approximate surface area is 115 Å². The molecule has 1 rings (SSSR count). The van der Waals surface area contributed by atoms with Gasteiger partial charge in [-0.3, -0.25) is 9.59 Å². The summed E-state index contributed by atoms with van der Waals surface area (Å²) in [5.41, 5.74) is 0.253. The van der Waals surface area contributed by atoms with Gasteiger partial charge in [0.1, 0.15) is 5.82 Å². The summed E-state index contributed by atoms with van der Waals surface area (Å²) < 4.78 is 17.7. The van der Waals surface area contributed by atoms with Crippen LogP contribution in [0.4, 0.5) is 10.1 Å². The largest absolute Gasteiger partial charge is 0.385 e. The minimum Gasteiger partial charge on any atom is -0.385 e. The van der Waals surface area contributed by atoms with Gasteiger partial charge in [0, 0.05) is 25.9 Å². The van der Waals surface area contributed by atoms with Crippen LogP contribution < -0.4 is 10.6 Å². The van der Waals surface area contributed by atoms with E-state index in [2.05, 4.69) is 10.6 Å². The Bertz CT molecular complexity index is 468. The van der Waals surface area contributed by atoms with Crippen LogP contribution in [0.5, 0.6) is 0 Å². The summed E-state index contributed by atoms with van der Waals surface area (Å²) >= 11 is 5.55. The highest BCUT2D eigenvalue weighted by Crippen LogP contribution is 2.19. The van der Waals surface area contributed by atoms with E-state index in [9.17, 15) is 14.0 Å². The Morgan fingerprint density at radius 2 is 2.11 bits per heavy atom. The Kier molecular flexibility index (Phi) is 6.24. The lowest BCUT2D eigenvalue weighted by Crippen LogP contribution is -2.36. The van der Waals surface area contributed by atoms with Gasteiger partial charge in [0.05, 0.1) is 5.02 Å². The van der Waals surface area contributed by atoms with Crippen LogP contribution in [0.3, 0.4) is 0 Å². The van der Waals surface area contributed by atoms with E-state index in [0.717, 1.165) is 6.07 Å². The summed E-state index contributed by atoms with van der Waals surface area (Å²) in [5.74, 6) is -2.19. The van der Waals surface area contributed by atoms with E-state index >= 15 is 0 Å². The van der Waals surface area contributed by atoms with Crippen molar-refractivity contribution < 1.29 is 18.7 Å². The summed E-state index contributed by atoms with van der Waals surface area (Å²) in [4.78, 5) is 22.9. The van der Waals surface area contributed by atoms with Crippen LogP contribution >= 0.6 is 11.6 Å². The maximum atomic E-state index is 12.9. The predicted molar refractivity (Wildman–Crippen MR) is 69.5 cm³/mol. The summed E-state index contributed by atoms with van der Waals surface area (Å²) in [5, 5.41) is 4.62. The molecule has 0 radical (unpaired) electrons. The van der Waals surface area contributed by atoms with Gasteiger partial charge in [-0.05, 0) is 24.6 Å². The lowest BCUT2D eigenvalue weighted by molar-refractivity contribution is -0.136. The zero-order valence-corrected chi connectivity index (χ0v) is 11.1. The van der Waals surface area contributed by atoms with Gasteiger partial charge in [0.25, 0.3) is 0 Å². The van der Waals surface area contributed by atoms with Crippen molar-refractivity contribution in [2.75, 3.05) is 25.6 Å². The molecule has 0 aromatic heterocycles. The topological polar surface area (TPSA) is 67.4 Å². The first-order valence-corrected chi connectivity index (χ1v) is 5.95. The fourth-order valence-electron chi connectivity index (χ4n) is 1.26. The van der Waals surface area contributed by atoms with Crippen molar-refractivity contribution in [1.82, 2.24) is 5.32 Å². The highest BCUT2D eigenvalue weighted by atomic mass is 35.5. The minimum absolute atomic E-state index is 0.127. The molecule has 0 heterocycles. The Morgan fingerprint density at radius 3 is 2.74 bits per heavy atom. The molecule has 0 saturated carbocycles. The molecule has 1 aromatic rings. The van der Waals surface area contributed by atoms with Gasteiger partial charge in [-0.15, -0.1) is 0 Å². The van der Waals surface area contributed by atoms with Gasteiger partial charge in [0.2, 0.25) is 0 Å². The second-order valence-corrected chi connectivity index (χ2v) is 4.09. The van der Waals surface area contributed by atoms with Crippen LogP contribution in [0.15, 0.2) is 18.2 Å². The summed E-state index contributed by atoms with van der Waals surface area (Å²) in [6.45, 7) is 0.833. The third-order valence-corrected chi connectivity index (χ3v) is 2.48. The van der Waals surface area contributed by atoms with E-state index in [1.54, 1.807) is 7.11 Å². The number of rotatable bonds is 5. The molecule has 0 aliphatic carbocycles. The fourth-order valence-corrected chi connectivity index (χ4v) is 1.44. The molecule has 0 saturated heterocycles. The number of carbonyl (C=O) groups is 2. The van der Waals surface area contributed by atoms with E-state index in [-0.39, 0.29) is 10.7 Å². The number of nitrogens with one attached hydrogen (secondary N) is 2. The quantitative estimate of drug-likeness (QED) is 0.638. The number of benzene rings is 1. The van der Waals surface area contributed by atoms with Crippen LogP contribution in [0.2, 0.25) is 5.02 Å².